The summed E-state index contributed by atoms with van der Waals surface area (Å²) in [5.41, 5.74) is 0.981. The van der Waals surface area contributed by atoms with Crippen molar-refractivity contribution in [3.63, 3.8) is 0 Å². The zero-order valence-corrected chi connectivity index (χ0v) is 12.0. The fourth-order valence-electron chi connectivity index (χ4n) is 2.71. The molecule has 0 aromatic heterocycles. The predicted molar refractivity (Wildman–Crippen MR) is 73.5 cm³/mol. The highest BCUT2D eigenvalue weighted by Gasteiger charge is 2.32. The molecule has 0 spiro atoms. The Kier molecular flexibility index (Phi) is 5.22. The van der Waals surface area contributed by atoms with E-state index in [1.165, 1.54) is 17.0 Å². The van der Waals surface area contributed by atoms with E-state index < -0.39 is 12.7 Å². The van der Waals surface area contributed by atoms with Crippen molar-refractivity contribution in [3.8, 4) is 0 Å². The summed E-state index contributed by atoms with van der Waals surface area (Å²) >= 11 is 0. The first kappa shape index (κ1) is 16.2. The average molecular weight is 304 g/mol. The normalized spacial score (nSPS) is 19.7. The van der Waals surface area contributed by atoms with Gasteiger partial charge in [-0.1, -0.05) is 12.1 Å². The maximum atomic E-state index is 12.9. The van der Waals surface area contributed by atoms with Crippen LogP contribution in [0, 0.1) is 5.82 Å². The van der Waals surface area contributed by atoms with Crippen LogP contribution in [0.5, 0.6) is 0 Å². The minimum Gasteiger partial charge on any atom is -0.307 e. The van der Waals surface area contributed by atoms with Crippen molar-refractivity contribution in [2.45, 2.75) is 38.0 Å². The van der Waals surface area contributed by atoms with Crippen molar-refractivity contribution >= 4 is 0 Å². The number of rotatable bonds is 4. The van der Waals surface area contributed by atoms with E-state index >= 15 is 0 Å². The first-order valence-electron chi connectivity index (χ1n) is 7.14. The molecule has 1 atom stereocenters. The van der Waals surface area contributed by atoms with Crippen LogP contribution in [0.1, 0.15) is 31.4 Å². The van der Waals surface area contributed by atoms with Crippen LogP contribution in [0.25, 0.3) is 0 Å². The highest BCUT2D eigenvalue weighted by molar-refractivity contribution is 5.19. The molecule has 2 nitrogen and oxygen atoms in total. The zero-order chi connectivity index (χ0) is 15.5. The predicted octanol–water partition coefficient (Wildman–Crippen LogP) is 3.50. The van der Waals surface area contributed by atoms with Crippen LogP contribution >= 0.6 is 0 Å². The van der Waals surface area contributed by atoms with Crippen molar-refractivity contribution < 1.29 is 17.6 Å². The van der Waals surface area contributed by atoms with Gasteiger partial charge in [0.1, 0.15) is 5.82 Å². The number of hydrogen-bond acceptors (Lipinski definition) is 2. The number of benzene rings is 1. The molecule has 1 aromatic rings. The zero-order valence-electron chi connectivity index (χ0n) is 12.0. The maximum Gasteiger partial charge on any atom is 0.401 e. The Morgan fingerprint density at radius 3 is 2.29 bits per heavy atom. The van der Waals surface area contributed by atoms with Gasteiger partial charge >= 0.3 is 6.18 Å². The molecule has 2 rings (SSSR count). The van der Waals surface area contributed by atoms with Crippen LogP contribution in [-0.2, 0) is 0 Å². The third-order valence-electron chi connectivity index (χ3n) is 3.85. The van der Waals surface area contributed by atoms with E-state index in [0.717, 1.165) is 5.56 Å². The molecule has 1 aromatic carbocycles. The number of hydrogen-bond donors (Lipinski definition) is 1. The summed E-state index contributed by atoms with van der Waals surface area (Å²) in [7, 11) is 0. The molecule has 1 fully saturated rings. The largest absolute Gasteiger partial charge is 0.401 e. The van der Waals surface area contributed by atoms with Gasteiger partial charge in [0.05, 0.1) is 6.54 Å². The van der Waals surface area contributed by atoms with Crippen molar-refractivity contribution in [2.75, 3.05) is 19.6 Å². The van der Waals surface area contributed by atoms with Gasteiger partial charge in [-0.05, 0) is 50.6 Å². The van der Waals surface area contributed by atoms with Gasteiger partial charge in [-0.2, -0.15) is 13.2 Å². The topological polar surface area (TPSA) is 15.3 Å². The lowest BCUT2D eigenvalue weighted by Gasteiger charge is -2.34. The van der Waals surface area contributed by atoms with Gasteiger partial charge in [-0.25, -0.2) is 4.39 Å². The van der Waals surface area contributed by atoms with Gasteiger partial charge in [-0.3, -0.25) is 4.90 Å². The number of alkyl halides is 3. The molecule has 1 saturated heterocycles. The summed E-state index contributed by atoms with van der Waals surface area (Å²) in [5.74, 6) is -0.272. The van der Waals surface area contributed by atoms with Crippen LogP contribution < -0.4 is 5.32 Å². The SMILES string of the molecule is C[C@@H](NC1CCN(CC(F)(F)F)CC1)c1ccc(F)cc1. The van der Waals surface area contributed by atoms with E-state index in [-0.39, 0.29) is 17.9 Å². The Hall–Kier alpha value is -1.14. The van der Waals surface area contributed by atoms with Gasteiger partial charge in [0, 0.05) is 12.1 Å². The molecule has 1 aliphatic heterocycles. The summed E-state index contributed by atoms with van der Waals surface area (Å²) in [5, 5.41) is 3.41. The summed E-state index contributed by atoms with van der Waals surface area (Å²) in [6.45, 7) is 2.06. The van der Waals surface area contributed by atoms with E-state index in [1.807, 2.05) is 6.92 Å². The van der Waals surface area contributed by atoms with Gasteiger partial charge in [0.25, 0.3) is 0 Å². The third-order valence-corrected chi connectivity index (χ3v) is 3.85. The smallest absolute Gasteiger partial charge is 0.307 e. The molecule has 6 heteroatoms. The average Bonchev–Trinajstić information content (AvgIpc) is 2.40. The van der Waals surface area contributed by atoms with E-state index in [1.54, 1.807) is 12.1 Å². The molecule has 0 bridgehead atoms. The van der Waals surface area contributed by atoms with Gasteiger partial charge < -0.3 is 5.32 Å². The van der Waals surface area contributed by atoms with E-state index in [9.17, 15) is 17.6 Å². The highest BCUT2D eigenvalue weighted by atomic mass is 19.4. The molecule has 1 aliphatic rings. The number of nitrogens with zero attached hydrogens (tertiary/aromatic N) is 1. The first-order chi connectivity index (χ1) is 9.83. The fraction of sp³-hybridized carbons (Fsp3) is 0.600. The van der Waals surface area contributed by atoms with Crippen molar-refractivity contribution in [1.82, 2.24) is 10.2 Å². The summed E-state index contributed by atoms with van der Waals surface area (Å²) in [6, 6.07) is 6.55. The Labute approximate surface area is 122 Å². The number of halogens is 4. The summed E-state index contributed by atoms with van der Waals surface area (Å²) in [6.07, 6.45) is -2.73. The third kappa shape index (κ3) is 5.28. The Bertz CT molecular complexity index is 436. The Balaban J connectivity index is 1.79. The van der Waals surface area contributed by atoms with Crippen LogP contribution in [-0.4, -0.2) is 36.8 Å². The van der Waals surface area contributed by atoms with Crippen LogP contribution in [0.2, 0.25) is 0 Å². The molecule has 0 amide bonds. The Morgan fingerprint density at radius 2 is 1.76 bits per heavy atom. The highest BCUT2D eigenvalue weighted by Crippen LogP contribution is 2.21. The number of likely N-dealkylation sites (tertiary alicyclic amines) is 1. The molecule has 0 radical (unpaired) electrons. The lowest BCUT2D eigenvalue weighted by Crippen LogP contribution is -2.46. The lowest BCUT2D eigenvalue weighted by atomic mass is 10.0. The standard InChI is InChI=1S/C15H20F4N2/c1-11(12-2-4-13(16)5-3-12)20-14-6-8-21(9-7-14)10-15(17,18)19/h2-5,11,14,20H,6-10H2,1H3/t11-/m1/s1. The molecule has 0 saturated carbocycles. The summed E-state index contributed by atoms with van der Waals surface area (Å²) < 4.78 is 49.8. The van der Waals surface area contributed by atoms with Crippen molar-refractivity contribution in [1.29, 1.82) is 0 Å². The van der Waals surface area contributed by atoms with Crippen molar-refractivity contribution in [2.24, 2.45) is 0 Å². The van der Waals surface area contributed by atoms with Gasteiger partial charge in [-0.15, -0.1) is 0 Å². The second-order valence-corrected chi connectivity index (χ2v) is 5.61. The molecular formula is C15H20F4N2. The van der Waals surface area contributed by atoms with E-state index in [2.05, 4.69) is 5.32 Å². The summed E-state index contributed by atoms with van der Waals surface area (Å²) in [4.78, 5) is 1.45. The molecule has 21 heavy (non-hydrogen) atoms. The second kappa shape index (κ2) is 6.75. The van der Waals surface area contributed by atoms with Gasteiger partial charge in [0.2, 0.25) is 0 Å². The number of piperidine rings is 1. The molecule has 0 aliphatic carbocycles. The van der Waals surface area contributed by atoms with E-state index in [4.69, 9.17) is 0 Å². The molecule has 118 valence electrons. The molecule has 1 N–H and O–H groups in total. The lowest BCUT2D eigenvalue weighted by molar-refractivity contribution is -0.148. The Morgan fingerprint density at radius 1 is 1.19 bits per heavy atom. The minimum absolute atomic E-state index is 0.0600. The molecule has 0 unspecified atom stereocenters. The van der Waals surface area contributed by atoms with Gasteiger partial charge in [0.15, 0.2) is 0 Å². The maximum absolute atomic E-state index is 12.9. The quantitative estimate of drug-likeness (QED) is 0.857. The monoisotopic (exact) mass is 304 g/mol. The molecule has 1 heterocycles. The first-order valence-corrected chi connectivity index (χ1v) is 7.14. The van der Waals surface area contributed by atoms with E-state index in [0.29, 0.717) is 25.9 Å². The van der Waals surface area contributed by atoms with Crippen molar-refractivity contribution in [3.05, 3.63) is 35.6 Å². The second-order valence-electron chi connectivity index (χ2n) is 5.61. The van der Waals surface area contributed by atoms with Crippen LogP contribution in [0.15, 0.2) is 24.3 Å². The number of nitrogens with one attached hydrogen (secondary N) is 1. The fourth-order valence-corrected chi connectivity index (χ4v) is 2.71. The van der Waals surface area contributed by atoms with Crippen LogP contribution in [0.4, 0.5) is 17.6 Å². The van der Waals surface area contributed by atoms with Crippen LogP contribution in [0.3, 0.4) is 0 Å². The molecular weight excluding hydrogens is 284 g/mol. The minimum atomic E-state index is -4.12.